The molecule has 0 saturated carbocycles. The molecule has 12 heteroatoms. The van der Waals surface area contributed by atoms with Crippen LogP contribution in [0.4, 0.5) is 6.01 Å². The van der Waals surface area contributed by atoms with Crippen molar-refractivity contribution in [1.29, 1.82) is 0 Å². The summed E-state index contributed by atoms with van der Waals surface area (Å²) in [5.74, 6) is -0.870. The van der Waals surface area contributed by atoms with E-state index >= 15 is 0 Å². The zero-order valence-corrected chi connectivity index (χ0v) is 18.9. The van der Waals surface area contributed by atoms with Gasteiger partial charge >= 0.3 is 0 Å². The van der Waals surface area contributed by atoms with E-state index in [2.05, 4.69) is 9.88 Å². The maximum Gasteiger partial charge on any atom is 0.298 e. The van der Waals surface area contributed by atoms with Gasteiger partial charge in [0.1, 0.15) is 5.52 Å². The lowest BCUT2D eigenvalue weighted by Crippen LogP contribution is -2.63. The molecule has 4 rings (SSSR count). The van der Waals surface area contributed by atoms with Crippen molar-refractivity contribution in [3.63, 3.8) is 0 Å². The van der Waals surface area contributed by atoms with Crippen LogP contribution >= 0.6 is 0 Å². The first kappa shape index (κ1) is 22.9. The number of oxazole rings is 1. The number of sulfonamides is 1. The van der Waals surface area contributed by atoms with Crippen molar-refractivity contribution >= 4 is 33.0 Å². The lowest BCUT2D eigenvalue weighted by Gasteiger charge is -2.43. The summed E-state index contributed by atoms with van der Waals surface area (Å²) in [6, 6.07) is 7.90. The third-order valence-electron chi connectivity index (χ3n) is 6.42. The summed E-state index contributed by atoms with van der Waals surface area (Å²) in [5, 5.41) is 9.34. The van der Waals surface area contributed by atoms with Crippen molar-refractivity contribution in [2.75, 3.05) is 64.4 Å². The van der Waals surface area contributed by atoms with E-state index in [9.17, 15) is 18.4 Å². The minimum Gasteiger partial charge on any atom is -0.423 e. The number of nitrogens with one attached hydrogen (secondary N) is 1. The average Bonchev–Trinajstić information content (AvgIpc) is 3.27. The lowest BCUT2D eigenvalue weighted by atomic mass is 9.95. The van der Waals surface area contributed by atoms with E-state index in [1.165, 1.54) is 4.31 Å². The SMILES string of the molecule is COCCN1CCC(C(=O)NO)(S(=O)(=O)N2CCN(c3nc4ccccc4o3)CC2)CC1. The molecule has 0 spiro atoms. The van der Waals surface area contributed by atoms with Crippen molar-refractivity contribution < 1.29 is 27.6 Å². The molecule has 2 aliphatic rings. The normalized spacial score (nSPS) is 20.5. The van der Waals surface area contributed by atoms with Crippen LogP contribution in [0.1, 0.15) is 12.8 Å². The predicted octanol–water partition coefficient (Wildman–Crippen LogP) is 0.266. The number of hydrogen-bond donors (Lipinski definition) is 2. The number of carbonyl (C=O) groups is 1. The van der Waals surface area contributed by atoms with Gasteiger partial charge in [-0.05, 0) is 25.0 Å². The highest BCUT2D eigenvalue weighted by Crippen LogP contribution is 2.34. The molecular weight excluding hydrogens is 438 g/mol. The second-order valence-corrected chi connectivity index (χ2v) is 10.4. The molecule has 3 heterocycles. The standard InChI is InChI=1S/C20H29N5O6S/c1-30-15-14-23-8-6-20(7-9-23,18(26)22-27)32(28,29)25-12-10-24(11-13-25)19-21-16-4-2-3-5-17(16)31-19/h2-5,27H,6-15H2,1H3,(H,22,26). The number of amides is 1. The van der Waals surface area contributed by atoms with Crippen molar-refractivity contribution in [3.05, 3.63) is 24.3 Å². The van der Waals surface area contributed by atoms with E-state index in [0.29, 0.717) is 50.9 Å². The van der Waals surface area contributed by atoms with Gasteiger partial charge < -0.3 is 19.0 Å². The number of hydroxylamine groups is 1. The molecule has 176 valence electrons. The topological polar surface area (TPSA) is 128 Å². The molecule has 11 nitrogen and oxygen atoms in total. The van der Waals surface area contributed by atoms with Gasteiger partial charge in [-0.25, -0.2) is 13.9 Å². The number of para-hydroxylation sites is 2. The van der Waals surface area contributed by atoms with Gasteiger partial charge in [0.05, 0.1) is 6.61 Å². The van der Waals surface area contributed by atoms with Crippen LogP contribution in [0.3, 0.4) is 0 Å². The smallest absolute Gasteiger partial charge is 0.298 e. The lowest BCUT2D eigenvalue weighted by molar-refractivity contribution is -0.133. The van der Waals surface area contributed by atoms with E-state index < -0.39 is 20.7 Å². The molecule has 2 saturated heterocycles. The summed E-state index contributed by atoms with van der Waals surface area (Å²) < 4.78 is 37.8. The van der Waals surface area contributed by atoms with Gasteiger partial charge in [0, 0.05) is 52.9 Å². The highest BCUT2D eigenvalue weighted by Gasteiger charge is 2.55. The van der Waals surface area contributed by atoms with Gasteiger partial charge in [0.15, 0.2) is 10.3 Å². The molecule has 2 N–H and O–H groups in total. The number of anilines is 1. The molecule has 2 fully saturated rings. The Hall–Kier alpha value is -2.25. The number of ether oxygens (including phenoxy) is 1. The molecule has 1 aromatic carbocycles. The minimum atomic E-state index is -4.01. The molecule has 0 atom stereocenters. The molecule has 0 bridgehead atoms. The zero-order valence-electron chi connectivity index (χ0n) is 18.1. The number of rotatable bonds is 7. The monoisotopic (exact) mass is 467 g/mol. The van der Waals surface area contributed by atoms with Crippen LogP contribution in [-0.4, -0.2) is 98.0 Å². The van der Waals surface area contributed by atoms with Crippen LogP contribution < -0.4 is 10.4 Å². The minimum absolute atomic E-state index is 0.108. The molecule has 0 unspecified atom stereocenters. The van der Waals surface area contributed by atoms with E-state index in [0.717, 1.165) is 5.52 Å². The maximum absolute atomic E-state index is 13.6. The Morgan fingerprint density at radius 3 is 2.50 bits per heavy atom. The second kappa shape index (κ2) is 9.32. The number of fused-ring (bicyclic) bond motifs is 1. The molecule has 2 aromatic rings. The first-order chi connectivity index (χ1) is 15.4. The summed E-state index contributed by atoms with van der Waals surface area (Å²) >= 11 is 0. The van der Waals surface area contributed by atoms with Gasteiger partial charge in [0.25, 0.3) is 11.9 Å². The zero-order chi connectivity index (χ0) is 22.8. The van der Waals surface area contributed by atoms with Crippen LogP contribution in [0, 0.1) is 0 Å². The fourth-order valence-corrected chi connectivity index (χ4v) is 6.54. The van der Waals surface area contributed by atoms with Crippen molar-refractivity contribution in [2.45, 2.75) is 17.6 Å². The molecule has 1 amide bonds. The Labute approximate surface area is 186 Å². The van der Waals surface area contributed by atoms with Crippen LogP contribution in [0.25, 0.3) is 11.1 Å². The predicted molar refractivity (Wildman–Crippen MR) is 117 cm³/mol. The molecule has 0 aliphatic carbocycles. The van der Waals surface area contributed by atoms with E-state index in [4.69, 9.17) is 9.15 Å². The van der Waals surface area contributed by atoms with Crippen LogP contribution in [0.15, 0.2) is 28.7 Å². The maximum atomic E-state index is 13.6. The third-order valence-corrected chi connectivity index (χ3v) is 9.04. The van der Waals surface area contributed by atoms with E-state index in [1.807, 2.05) is 29.2 Å². The number of nitrogens with zero attached hydrogens (tertiary/aromatic N) is 4. The quantitative estimate of drug-likeness (QED) is 0.435. The van der Waals surface area contributed by atoms with Crippen molar-refractivity contribution in [2.24, 2.45) is 0 Å². The number of aromatic nitrogens is 1. The number of benzene rings is 1. The van der Waals surface area contributed by atoms with Gasteiger partial charge in [0.2, 0.25) is 10.0 Å². The molecule has 32 heavy (non-hydrogen) atoms. The molecule has 2 aliphatic heterocycles. The van der Waals surface area contributed by atoms with Gasteiger partial charge in [-0.15, -0.1) is 0 Å². The number of hydrogen-bond acceptors (Lipinski definition) is 9. The van der Waals surface area contributed by atoms with Crippen molar-refractivity contribution in [3.8, 4) is 0 Å². The highest BCUT2D eigenvalue weighted by atomic mass is 32.2. The Balaban J connectivity index is 1.47. The summed E-state index contributed by atoms with van der Waals surface area (Å²) in [7, 11) is -2.40. The molecule has 0 radical (unpaired) electrons. The Kier molecular flexibility index (Phi) is 6.67. The molecular formula is C20H29N5O6S. The molecule has 1 aromatic heterocycles. The summed E-state index contributed by atoms with van der Waals surface area (Å²) in [6.45, 7) is 3.24. The fraction of sp³-hybridized carbons (Fsp3) is 0.600. The number of piperazine rings is 1. The van der Waals surface area contributed by atoms with Crippen LogP contribution in [-0.2, 0) is 19.6 Å². The average molecular weight is 468 g/mol. The van der Waals surface area contributed by atoms with Gasteiger partial charge in [-0.2, -0.15) is 9.29 Å². The first-order valence-corrected chi connectivity index (χ1v) is 12.1. The third kappa shape index (κ3) is 4.08. The number of carbonyl (C=O) groups excluding carboxylic acids is 1. The second-order valence-electron chi connectivity index (χ2n) is 8.12. The Morgan fingerprint density at radius 1 is 1.19 bits per heavy atom. The van der Waals surface area contributed by atoms with Gasteiger partial charge in [-0.3, -0.25) is 10.0 Å². The van der Waals surface area contributed by atoms with E-state index in [1.54, 1.807) is 12.6 Å². The van der Waals surface area contributed by atoms with E-state index in [-0.39, 0.29) is 25.9 Å². The fourth-order valence-electron chi connectivity index (χ4n) is 4.42. The highest BCUT2D eigenvalue weighted by molar-refractivity contribution is 7.91. The van der Waals surface area contributed by atoms with Gasteiger partial charge in [-0.1, -0.05) is 12.1 Å². The Morgan fingerprint density at radius 2 is 1.88 bits per heavy atom. The van der Waals surface area contributed by atoms with Crippen LogP contribution in [0.2, 0.25) is 0 Å². The number of likely N-dealkylation sites (tertiary alicyclic amines) is 1. The summed E-state index contributed by atoms with van der Waals surface area (Å²) in [5.41, 5.74) is 3.03. The number of methoxy groups -OCH3 is 1. The summed E-state index contributed by atoms with van der Waals surface area (Å²) in [4.78, 5) is 21.1. The first-order valence-electron chi connectivity index (χ1n) is 10.7. The van der Waals surface area contributed by atoms with Crippen LogP contribution in [0.5, 0.6) is 0 Å². The Bertz CT molecular complexity index is 1010. The summed E-state index contributed by atoms with van der Waals surface area (Å²) in [6.07, 6.45) is 0.216. The number of piperidine rings is 1. The van der Waals surface area contributed by atoms with Crippen molar-refractivity contribution in [1.82, 2.24) is 19.7 Å². The largest absolute Gasteiger partial charge is 0.423 e.